The average Bonchev–Trinajstić information content (AvgIpc) is 2.39. The van der Waals surface area contributed by atoms with Gasteiger partial charge in [0.1, 0.15) is 0 Å². The highest BCUT2D eigenvalue weighted by molar-refractivity contribution is 9.11. The van der Waals surface area contributed by atoms with Crippen LogP contribution in [0.15, 0.2) is 39.5 Å². The molecule has 0 aliphatic heterocycles. The summed E-state index contributed by atoms with van der Waals surface area (Å²) < 4.78 is 6.87. The summed E-state index contributed by atoms with van der Waals surface area (Å²) in [5.74, 6) is 5.64. The van der Waals surface area contributed by atoms with Crippen LogP contribution in [0.3, 0.4) is 0 Å². The van der Waals surface area contributed by atoms with E-state index in [1.165, 1.54) is 7.11 Å². The van der Waals surface area contributed by atoms with Crippen LogP contribution in [-0.2, 0) is 0 Å². The van der Waals surface area contributed by atoms with Crippen LogP contribution in [0.2, 0.25) is 0 Å². The van der Waals surface area contributed by atoms with Crippen molar-refractivity contribution in [3.8, 4) is 6.01 Å². The molecule has 100 valence electrons. The molecule has 0 saturated carbocycles. The Bertz CT molecular complexity index is 542. The van der Waals surface area contributed by atoms with Gasteiger partial charge in [0.2, 0.25) is 0 Å². The Morgan fingerprint density at radius 2 is 1.68 bits per heavy atom. The number of halogens is 2. The minimum Gasteiger partial charge on any atom is -0.467 e. The van der Waals surface area contributed by atoms with E-state index in [1.54, 1.807) is 12.4 Å². The number of methoxy groups -OCH3 is 1. The number of nitrogens with two attached hydrogens (primary N) is 1. The van der Waals surface area contributed by atoms with Crippen LogP contribution in [0.4, 0.5) is 0 Å². The molecule has 0 fully saturated rings. The molecule has 0 bridgehead atoms. The minimum atomic E-state index is -0.195. The summed E-state index contributed by atoms with van der Waals surface area (Å²) in [6.07, 6.45) is 3.37. The zero-order chi connectivity index (χ0) is 13.8. The Hall–Kier alpha value is -1.02. The van der Waals surface area contributed by atoms with E-state index >= 15 is 0 Å². The second-order valence-electron chi connectivity index (χ2n) is 3.81. The Balaban J connectivity index is 2.37. The summed E-state index contributed by atoms with van der Waals surface area (Å²) in [6.45, 7) is 0. The molecule has 1 aromatic carbocycles. The standard InChI is InChI=1S/C12H12Br2N4O/c1-19-12-16-5-8(6-17-12)11(18-15)7-2-9(13)4-10(14)3-7/h2-6,11,18H,15H2,1H3. The number of benzene rings is 1. The largest absolute Gasteiger partial charge is 0.467 e. The van der Waals surface area contributed by atoms with Crippen molar-refractivity contribution in [2.45, 2.75) is 6.04 Å². The number of hydrogen-bond acceptors (Lipinski definition) is 5. The number of hydrogen-bond donors (Lipinski definition) is 2. The molecule has 1 unspecified atom stereocenters. The molecule has 1 aromatic heterocycles. The fourth-order valence-corrected chi connectivity index (χ4v) is 3.04. The molecule has 0 aliphatic carbocycles. The third-order valence-corrected chi connectivity index (χ3v) is 3.46. The van der Waals surface area contributed by atoms with Crippen LogP contribution in [0, 0.1) is 0 Å². The molecule has 7 heteroatoms. The Morgan fingerprint density at radius 3 is 2.16 bits per heavy atom. The van der Waals surface area contributed by atoms with E-state index < -0.39 is 0 Å². The first-order valence-electron chi connectivity index (χ1n) is 5.42. The monoisotopic (exact) mass is 386 g/mol. The Labute approximate surface area is 127 Å². The zero-order valence-corrected chi connectivity index (χ0v) is 13.3. The van der Waals surface area contributed by atoms with Crippen molar-refractivity contribution in [1.82, 2.24) is 15.4 Å². The van der Waals surface area contributed by atoms with Crippen molar-refractivity contribution in [3.63, 3.8) is 0 Å². The topological polar surface area (TPSA) is 73.1 Å². The van der Waals surface area contributed by atoms with Crippen molar-refractivity contribution >= 4 is 31.9 Å². The Morgan fingerprint density at radius 1 is 1.11 bits per heavy atom. The van der Waals surface area contributed by atoms with Crippen LogP contribution in [0.5, 0.6) is 6.01 Å². The van der Waals surface area contributed by atoms with Gasteiger partial charge in [-0.15, -0.1) is 0 Å². The molecule has 5 nitrogen and oxygen atoms in total. The number of nitrogens with one attached hydrogen (secondary N) is 1. The van der Waals surface area contributed by atoms with Crippen LogP contribution in [0.1, 0.15) is 17.2 Å². The normalized spacial score (nSPS) is 12.2. The summed E-state index contributed by atoms with van der Waals surface area (Å²) >= 11 is 6.91. The summed E-state index contributed by atoms with van der Waals surface area (Å²) in [4.78, 5) is 8.17. The molecular weight excluding hydrogens is 376 g/mol. The van der Waals surface area contributed by atoms with Gasteiger partial charge in [-0.3, -0.25) is 5.84 Å². The second kappa shape index (κ2) is 6.42. The molecule has 3 N–H and O–H groups in total. The molecule has 1 heterocycles. The number of rotatable bonds is 4. The van der Waals surface area contributed by atoms with Crippen molar-refractivity contribution in [1.29, 1.82) is 0 Å². The molecule has 0 radical (unpaired) electrons. The van der Waals surface area contributed by atoms with E-state index in [1.807, 2.05) is 18.2 Å². The molecule has 0 spiro atoms. The van der Waals surface area contributed by atoms with E-state index in [2.05, 4.69) is 47.3 Å². The summed E-state index contributed by atoms with van der Waals surface area (Å²) in [5, 5.41) is 0. The average molecular weight is 388 g/mol. The van der Waals surface area contributed by atoms with E-state index in [0.29, 0.717) is 6.01 Å². The third kappa shape index (κ3) is 3.50. The van der Waals surface area contributed by atoms with E-state index in [0.717, 1.165) is 20.1 Å². The molecule has 2 aromatic rings. The molecule has 2 rings (SSSR count). The van der Waals surface area contributed by atoms with E-state index in [4.69, 9.17) is 10.6 Å². The van der Waals surface area contributed by atoms with Crippen molar-refractivity contribution in [3.05, 3.63) is 50.7 Å². The maximum Gasteiger partial charge on any atom is 0.316 e. The van der Waals surface area contributed by atoms with Gasteiger partial charge in [-0.25, -0.2) is 15.4 Å². The predicted octanol–water partition coefficient (Wildman–Crippen LogP) is 2.56. The fraction of sp³-hybridized carbons (Fsp3) is 0.167. The van der Waals surface area contributed by atoms with Gasteiger partial charge in [0.25, 0.3) is 0 Å². The molecular formula is C12H12Br2N4O. The first-order chi connectivity index (χ1) is 9.13. The smallest absolute Gasteiger partial charge is 0.316 e. The predicted molar refractivity (Wildman–Crippen MR) is 79.6 cm³/mol. The van der Waals surface area contributed by atoms with Gasteiger partial charge in [0.05, 0.1) is 13.2 Å². The summed E-state index contributed by atoms with van der Waals surface area (Å²) in [5.41, 5.74) is 4.62. The maximum absolute atomic E-state index is 5.64. The van der Waals surface area contributed by atoms with Crippen molar-refractivity contribution in [2.75, 3.05) is 7.11 Å². The lowest BCUT2D eigenvalue weighted by Crippen LogP contribution is -2.29. The lowest BCUT2D eigenvalue weighted by Gasteiger charge is -2.17. The second-order valence-corrected chi connectivity index (χ2v) is 5.64. The first kappa shape index (κ1) is 14.4. The van der Waals surface area contributed by atoms with Gasteiger partial charge in [-0.2, -0.15) is 0 Å². The van der Waals surface area contributed by atoms with Gasteiger partial charge >= 0.3 is 6.01 Å². The highest BCUT2D eigenvalue weighted by atomic mass is 79.9. The van der Waals surface area contributed by atoms with Gasteiger partial charge in [-0.1, -0.05) is 31.9 Å². The molecule has 0 aliphatic rings. The highest BCUT2D eigenvalue weighted by Gasteiger charge is 2.14. The van der Waals surface area contributed by atoms with E-state index in [-0.39, 0.29) is 6.04 Å². The van der Waals surface area contributed by atoms with Crippen molar-refractivity contribution in [2.24, 2.45) is 5.84 Å². The fourth-order valence-electron chi connectivity index (χ4n) is 1.71. The van der Waals surface area contributed by atoms with Gasteiger partial charge in [-0.05, 0) is 23.8 Å². The number of aromatic nitrogens is 2. The van der Waals surface area contributed by atoms with Gasteiger partial charge < -0.3 is 4.74 Å². The first-order valence-corrected chi connectivity index (χ1v) is 7.00. The maximum atomic E-state index is 5.64. The molecule has 0 amide bonds. The Kier molecular flexibility index (Phi) is 4.87. The van der Waals surface area contributed by atoms with Crippen LogP contribution >= 0.6 is 31.9 Å². The van der Waals surface area contributed by atoms with Crippen LogP contribution < -0.4 is 16.0 Å². The van der Waals surface area contributed by atoms with Crippen LogP contribution in [-0.4, -0.2) is 17.1 Å². The number of ether oxygens (including phenoxy) is 1. The molecule has 1 atom stereocenters. The summed E-state index contributed by atoms with van der Waals surface area (Å²) in [6, 6.07) is 6.07. The van der Waals surface area contributed by atoms with Crippen LogP contribution in [0.25, 0.3) is 0 Å². The lowest BCUT2D eigenvalue weighted by molar-refractivity contribution is 0.378. The number of hydrazine groups is 1. The molecule has 0 saturated heterocycles. The zero-order valence-electron chi connectivity index (χ0n) is 10.1. The van der Waals surface area contributed by atoms with Gasteiger partial charge in [0, 0.05) is 26.9 Å². The SMILES string of the molecule is COc1ncc(C(NN)c2cc(Br)cc(Br)c2)cn1. The lowest BCUT2D eigenvalue weighted by atomic mass is 10.0. The minimum absolute atomic E-state index is 0.195. The van der Waals surface area contributed by atoms with Gasteiger partial charge in [0.15, 0.2) is 0 Å². The highest BCUT2D eigenvalue weighted by Crippen LogP contribution is 2.27. The molecule has 19 heavy (non-hydrogen) atoms. The summed E-state index contributed by atoms with van der Waals surface area (Å²) in [7, 11) is 1.53. The van der Waals surface area contributed by atoms with Crippen molar-refractivity contribution < 1.29 is 4.74 Å². The third-order valence-electron chi connectivity index (χ3n) is 2.55. The number of nitrogens with zero attached hydrogens (tertiary/aromatic N) is 2. The quantitative estimate of drug-likeness (QED) is 0.623. The van der Waals surface area contributed by atoms with E-state index in [9.17, 15) is 0 Å².